The first-order valence-corrected chi connectivity index (χ1v) is 8.10. The molecule has 4 nitrogen and oxygen atoms in total. The van der Waals surface area contributed by atoms with Gasteiger partial charge in [-0.15, -0.1) is 0 Å². The molecule has 0 aromatic heterocycles. The molecule has 0 amide bonds. The molecule has 1 fully saturated rings. The van der Waals surface area contributed by atoms with E-state index < -0.39 is 10.8 Å². The molecule has 5 heteroatoms. The molecule has 1 aliphatic rings. The maximum Gasteiger partial charge on any atom is 0.306 e. The summed E-state index contributed by atoms with van der Waals surface area (Å²) in [5.41, 5.74) is 0.947. The minimum atomic E-state index is -0.954. The zero-order valence-corrected chi connectivity index (χ0v) is 12.7. The number of hydrogen-bond donors (Lipinski definition) is 0. The molecule has 0 N–H and O–H groups in total. The first kappa shape index (κ1) is 15.0. The van der Waals surface area contributed by atoms with Crippen molar-refractivity contribution in [3.63, 3.8) is 0 Å². The zero-order valence-electron chi connectivity index (χ0n) is 11.9. The van der Waals surface area contributed by atoms with Crippen molar-refractivity contribution in [2.75, 3.05) is 20.0 Å². The van der Waals surface area contributed by atoms with Gasteiger partial charge in [0.25, 0.3) is 0 Å². The lowest BCUT2D eigenvalue weighted by Gasteiger charge is -2.13. The van der Waals surface area contributed by atoms with Gasteiger partial charge in [-0.1, -0.05) is 12.1 Å². The van der Waals surface area contributed by atoms with E-state index in [0.29, 0.717) is 17.9 Å². The van der Waals surface area contributed by atoms with Gasteiger partial charge in [0.1, 0.15) is 5.75 Å². The molecule has 1 aliphatic carbocycles. The quantitative estimate of drug-likeness (QED) is 0.724. The van der Waals surface area contributed by atoms with Gasteiger partial charge in [0.15, 0.2) is 0 Å². The van der Waals surface area contributed by atoms with Gasteiger partial charge >= 0.3 is 5.97 Å². The molecule has 1 saturated carbocycles. The van der Waals surface area contributed by atoms with Crippen LogP contribution in [-0.4, -0.2) is 30.2 Å². The van der Waals surface area contributed by atoms with Crippen LogP contribution in [0.4, 0.5) is 0 Å². The largest absolute Gasteiger partial charge is 0.497 e. The SMILES string of the molecule is COC(=O)CC1(CS(=O)Cc2ccc(OC)cc2)CC1. The van der Waals surface area contributed by atoms with E-state index in [4.69, 9.17) is 9.47 Å². The van der Waals surface area contributed by atoms with Crippen molar-refractivity contribution in [3.05, 3.63) is 29.8 Å². The molecular formula is C15H20O4S. The van der Waals surface area contributed by atoms with Gasteiger partial charge in [-0.3, -0.25) is 9.00 Å². The number of carbonyl (C=O) groups excluding carboxylic acids is 1. The lowest BCUT2D eigenvalue weighted by molar-refractivity contribution is -0.141. The van der Waals surface area contributed by atoms with Crippen molar-refractivity contribution in [3.8, 4) is 5.75 Å². The van der Waals surface area contributed by atoms with Crippen LogP contribution in [0.3, 0.4) is 0 Å². The summed E-state index contributed by atoms with van der Waals surface area (Å²) in [5.74, 6) is 1.69. The van der Waals surface area contributed by atoms with Crippen molar-refractivity contribution in [1.82, 2.24) is 0 Å². The van der Waals surface area contributed by atoms with Crippen molar-refractivity contribution >= 4 is 16.8 Å². The maximum absolute atomic E-state index is 12.2. The zero-order chi connectivity index (χ0) is 14.6. The Bertz CT molecular complexity index is 491. The molecule has 1 aromatic rings. The highest BCUT2D eigenvalue weighted by molar-refractivity contribution is 7.84. The van der Waals surface area contributed by atoms with Crippen LogP contribution in [0.15, 0.2) is 24.3 Å². The van der Waals surface area contributed by atoms with Crippen molar-refractivity contribution < 1.29 is 18.5 Å². The van der Waals surface area contributed by atoms with Crippen LogP contribution in [0.2, 0.25) is 0 Å². The topological polar surface area (TPSA) is 52.6 Å². The van der Waals surface area contributed by atoms with Crippen molar-refractivity contribution in [2.24, 2.45) is 5.41 Å². The van der Waals surface area contributed by atoms with Gasteiger partial charge in [-0.2, -0.15) is 0 Å². The number of ether oxygens (including phenoxy) is 2. The third-order valence-electron chi connectivity index (χ3n) is 3.66. The summed E-state index contributed by atoms with van der Waals surface area (Å²) in [7, 11) is 2.06. The fourth-order valence-corrected chi connectivity index (χ4v) is 3.97. The van der Waals surface area contributed by atoms with Crippen LogP contribution in [0.1, 0.15) is 24.8 Å². The average Bonchev–Trinajstić information content (AvgIpc) is 3.18. The van der Waals surface area contributed by atoms with E-state index in [2.05, 4.69) is 0 Å². The number of esters is 1. The molecule has 0 bridgehead atoms. The number of carbonyl (C=O) groups is 1. The highest BCUT2D eigenvalue weighted by atomic mass is 32.2. The van der Waals surface area contributed by atoms with Gasteiger partial charge < -0.3 is 9.47 Å². The molecule has 0 aliphatic heterocycles. The normalized spacial score (nSPS) is 17.3. The van der Waals surface area contributed by atoms with Gasteiger partial charge in [0.05, 0.1) is 20.6 Å². The van der Waals surface area contributed by atoms with E-state index >= 15 is 0 Å². The summed E-state index contributed by atoms with van der Waals surface area (Å²) in [6.07, 6.45) is 2.32. The lowest BCUT2D eigenvalue weighted by Crippen LogP contribution is -2.18. The number of methoxy groups -OCH3 is 2. The van der Waals surface area contributed by atoms with Gasteiger partial charge in [0, 0.05) is 22.3 Å². The first-order valence-electron chi connectivity index (χ1n) is 6.62. The second-order valence-electron chi connectivity index (χ2n) is 5.33. The predicted octanol–water partition coefficient (Wildman–Crippen LogP) is 2.29. The monoisotopic (exact) mass is 296 g/mol. The molecule has 0 spiro atoms. The Morgan fingerprint density at radius 3 is 2.40 bits per heavy atom. The van der Waals surface area contributed by atoms with Gasteiger partial charge in [0.2, 0.25) is 0 Å². The maximum atomic E-state index is 12.2. The molecule has 110 valence electrons. The van der Waals surface area contributed by atoms with Crippen LogP contribution >= 0.6 is 0 Å². The lowest BCUT2D eigenvalue weighted by atomic mass is 10.1. The predicted molar refractivity (Wildman–Crippen MR) is 78.0 cm³/mol. The van der Waals surface area contributed by atoms with E-state index in [0.717, 1.165) is 24.2 Å². The van der Waals surface area contributed by atoms with Crippen molar-refractivity contribution in [2.45, 2.75) is 25.0 Å². The summed E-state index contributed by atoms with van der Waals surface area (Å²) >= 11 is 0. The standard InChI is InChI=1S/C15H20O4S/c1-18-13-5-3-12(4-6-13)10-20(17)11-15(7-8-15)9-14(16)19-2/h3-6H,7-11H2,1-2H3. The second kappa shape index (κ2) is 6.39. The van der Waals surface area contributed by atoms with Crippen LogP contribution in [0, 0.1) is 5.41 Å². The summed E-state index contributed by atoms with van der Waals surface area (Å²) in [5, 5.41) is 0. The van der Waals surface area contributed by atoms with E-state index in [1.807, 2.05) is 24.3 Å². The molecule has 1 aromatic carbocycles. The Hall–Kier alpha value is -1.36. The third kappa shape index (κ3) is 4.07. The highest BCUT2D eigenvalue weighted by Crippen LogP contribution is 2.49. The third-order valence-corrected chi connectivity index (χ3v) is 5.25. The molecule has 1 atom stereocenters. The summed E-state index contributed by atoms with van der Waals surface area (Å²) in [6.45, 7) is 0. The Labute approximate surface area is 121 Å². The Balaban J connectivity index is 1.87. The summed E-state index contributed by atoms with van der Waals surface area (Å²) in [4.78, 5) is 11.3. The van der Waals surface area contributed by atoms with Gasteiger partial charge in [-0.05, 0) is 36.0 Å². The molecule has 20 heavy (non-hydrogen) atoms. The van der Waals surface area contributed by atoms with Crippen molar-refractivity contribution in [1.29, 1.82) is 0 Å². The number of benzene rings is 1. The fraction of sp³-hybridized carbons (Fsp3) is 0.533. The minimum absolute atomic E-state index is 0.0789. The van der Waals surface area contributed by atoms with Crippen LogP contribution < -0.4 is 4.74 Å². The molecule has 2 rings (SSSR count). The van der Waals surface area contributed by atoms with Crippen LogP contribution in [0.5, 0.6) is 5.75 Å². The van der Waals surface area contributed by atoms with E-state index in [9.17, 15) is 9.00 Å². The van der Waals surface area contributed by atoms with Gasteiger partial charge in [-0.25, -0.2) is 0 Å². The molecule has 0 heterocycles. The Kier molecular flexibility index (Phi) is 4.81. The molecular weight excluding hydrogens is 276 g/mol. The minimum Gasteiger partial charge on any atom is -0.497 e. The van der Waals surface area contributed by atoms with E-state index in [1.165, 1.54) is 7.11 Å². The van der Waals surface area contributed by atoms with E-state index in [1.54, 1.807) is 7.11 Å². The number of rotatable bonds is 7. The molecule has 0 radical (unpaired) electrons. The summed E-state index contributed by atoms with van der Waals surface area (Å²) in [6, 6.07) is 7.59. The van der Waals surface area contributed by atoms with E-state index in [-0.39, 0.29) is 11.4 Å². The second-order valence-corrected chi connectivity index (χ2v) is 6.79. The summed E-state index contributed by atoms with van der Waals surface area (Å²) < 4.78 is 22.0. The highest BCUT2D eigenvalue weighted by Gasteiger charge is 2.45. The fourth-order valence-electron chi connectivity index (χ4n) is 2.23. The number of hydrogen-bond acceptors (Lipinski definition) is 4. The Morgan fingerprint density at radius 1 is 1.25 bits per heavy atom. The Morgan fingerprint density at radius 2 is 1.90 bits per heavy atom. The molecule has 0 saturated heterocycles. The van der Waals surface area contributed by atoms with Crippen LogP contribution in [0.25, 0.3) is 0 Å². The molecule has 1 unspecified atom stereocenters. The first-order chi connectivity index (χ1) is 9.57. The van der Waals surface area contributed by atoms with Crippen LogP contribution in [-0.2, 0) is 26.1 Å². The average molecular weight is 296 g/mol. The smallest absolute Gasteiger partial charge is 0.306 e.